The predicted octanol–water partition coefficient (Wildman–Crippen LogP) is 15.5. The Kier molecular flexibility index (Phi) is 7.40. The molecule has 1 atom stereocenters. The van der Waals surface area contributed by atoms with Gasteiger partial charge >= 0.3 is 0 Å². The summed E-state index contributed by atoms with van der Waals surface area (Å²) in [6.45, 7) is 0. The summed E-state index contributed by atoms with van der Waals surface area (Å²) >= 11 is 0. The van der Waals surface area contributed by atoms with Crippen LogP contribution in [0, 0.1) is 0 Å². The molecule has 0 bridgehead atoms. The average molecular weight is 775 g/mol. The summed E-state index contributed by atoms with van der Waals surface area (Å²) in [6.07, 6.45) is 0. The summed E-state index contributed by atoms with van der Waals surface area (Å²) in [6, 6.07) is 83.0. The summed E-state index contributed by atoms with van der Waals surface area (Å²) in [4.78, 5) is 0. The van der Waals surface area contributed by atoms with Crippen LogP contribution in [0.25, 0.3) is 99.1 Å². The molecule has 1 aliphatic carbocycles. The van der Waals surface area contributed by atoms with Crippen molar-refractivity contribution < 1.29 is 0 Å². The predicted molar refractivity (Wildman–Crippen MR) is 256 cm³/mol. The Morgan fingerprint density at radius 1 is 0.295 bits per heavy atom. The zero-order valence-electron chi connectivity index (χ0n) is 33.3. The molecule has 284 valence electrons. The van der Waals surface area contributed by atoms with Crippen LogP contribution in [0.3, 0.4) is 0 Å². The van der Waals surface area contributed by atoms with Crippen LogP contribution in [-0.4, -0.2) is 9.13 Å². The van der Waals surface area contributed by atoms with Crippen molar-refractivity contribution in [3.63, 3.8) is 0 Å². The van der Waals surface area contributed by atoms with Gasteiger partial charge in [0.1, 0.15) is 0 Å². The highest BCUT2D eigenvalue weighted by Crippen LogP contribution is 2.50. The van der Waals surface area contributed by atoms with E-state index >= 15 is 0 Å². The first-order valence-corrected chi connectivity index (χ1v) is 21.2. The minimum atomic E-state index is 0.190. The van der Waals surface area contributed by atoms with E-state index < -0.39 is 0 Å². The number of benzene rings is 10. The van der Waals surface area contributed by atoms with E-state index in [0.717, 1.165) is 11.4 Å². The lowest BCUT2D eigenvalue weighted by atomic mass is 9.87. The molecule has 0 saturated carbocycles. The molecular weight excluding hydrogens is 737 g/mol. The van der Waals surface area contributed by atoms with Gasteiger partial charge in [-0.2, -0.15) is 0 Å². The molecule has 12 aromatic rings. The van der Waals surface area contributed by atoms with Crippen LogP contribution in [0.15, 0.2) is 224 Å². The molecule has 2 aromatic heterocycles. The van der Waals surface area contributed by atoms with Gasteiger partial charge < -0.3 is 9.13 Å². The van der Waals surface area contributed by atoms with Crippen LogP contribution in [0.5, 0.6) is 0 Å². The molecule has 0 aliphatic heterocycles. The Balaban J connectivity index is 1.05. The van der Waals surface area contributed by atoms with Crippen molar-refractivity contribution in [1.29, 1.82) is 0 Å². The Hall–Kier alpha value is -7.94. The standard InChI is InChI=1S/C59H38N2/c1-3-14-38(15-4-1)41-18-13-21-46(35-41)61-56-33-29-43(37-54(56)52-32-31-51-48-23-11-12-25-55(48)60(58(51)59(52)61)45-19-5-2-6-20-45)42-28-30-50-53(36-42)47-22-9-10-24-49(47)57(50)44-27-26-39-16-7-8-17-40(39)34-44/h1-37,57H. The number of hydrogen-bond donors (Lipinski definition) is 0. The fraction of sp³-hybridized carbons (Fsp3) is 0.0169. The van der Waals surface area contributed by atoms with Crippen LogP contribution < -0.4 is 0 Å². The zero-order valence-corrected chi connectivity index (χ0v) is 33.3. The van der Waals surface area contributed by atoms with E-state index in [1.54, 1.807) is 0 Å². The van der Waals surface area contributed by atoms with E-state index in [1.165, 1.54) is 104 Å². The molecule has 61 heavy (non-hydrogen) atoms. The zero-order chi connectivity index (χ0) is 40.0. The maximum absolute atomic E-state index is 2.51. The maximum atomic E-state index is 2.51. The lowest BCUT2D eigenvalue weighted by Crippen LogP contribution is -1.99. The van der Waals surface area contributed by atoms with Gasteiger partial charge in [-0.25, -0.2) is 0 Å². The Bertz CT molecular complexity index is 3700. The lowest BCUT2D eigenvalue weighted by Gasteiger charge is -2.16. The number of aromatic nitrogens is 2. The number of rotatable bonds is 5. The van der Waals surface area contributed by atoms with Crippen molar-refractivity contribution in [2.45, 2.75) is 5.92 Å². The van der Waals surface area contributed by atoms with E-state index in [-0.39, 0.29) is 5.92 Å². The van der Waals surface area contributed by atoms with Crippen LogP contribution in [-0.2, 0) is 0 Å². The minimum absolute atomic E-state index is 0.190. The lowest BCUT2D eigenvalue weighted by molar-refractivity contribution is 1.02. The molecule has 10 aromatic carbocycles. The van der Waals surface area contributed by atoms with Gasteiger partial charge in [0.25, 0.3) is 0 Å². The third-order valence-corrected chi connectivity index (χ3v) is 13.2. The Morgan fingerprint density at radius 3 is 1.77 bits per heavy atom. The van der Waals surface area contributed by atoms with E-state index in [2.05, 4.69) is 234 Å². The van der Waals surface area contributed by atoms with Gasteiger partial charge in [-0.05, 0) is 109 Å². The Morgan fingerprint density at radius 2 is 0.902 bits per heavy atom. The van der Waals surface area contributed by atoms with Gasteiger partial charge in [0, 0.05) is 38.8 Å². The number of hydrogen-bond acceptors (Lipinski definition) is 0. The molecule has 0 spiro atoms. The summed E-state index contributed by atoms with van der Waals surface area (Å²) < 4.78 is 4.98. The van der Waals surface area contributed by atoms with Gasteiger partial charge in [-0.15, -0.1) is 0 Å². The second kappa shape index (κ2) is 13.3. The maximum Gasteiger partial charge on any atom is 0.0788 e. The first-order chi connectivity index (χ1) is 30.3. The second-order valence-electron chi connectivity index (χ2n) is 16.5. The molecule has 0 N–H and O–H groups in total. The average Bonchev–Trinajstić information content (AvgIpc) is 3.97. The molecule has 2 heteroatoms. The highest BCUT2D eigenvalue weighted by molar-refractivity contribution is 6.24. The van der Waals surface area contributed by atoms with E-state index in [0.29, 0.717) is 0 Å². The molecule has 0 radical (unpaired) electrons. The van der Waals surface area contributed by atoms with E-state index in [1.807, 2.05) is 0 Å². The molecule has 2 nitrogen and oxygen atoms in total. The first-order valence-electron chi connectivity index (χ1n) is 21.2. The molecule has 13 rings (SSSR count). The number of fused-ring (bicyclic) bond motifs is 11. The smallest absolute Gasteiger partial charge is 0.0788 e. The largest absolute Gasteiger partial charge is 0.307 e. The fourth-order valence-electron chi connectivity index (χ4n) is 10.4. The monoisotopic (exact) mass is 774 g/mol. The number of nitrogens with zero attached hydrogens (tertiary/aromatic N) is 2. The summed E-state index contributed by atoms with van der Waals surface area (Å²) in [5.74, 6) is 0.190. The Labute approximate surface area is 353 Å². The molecule has 1 aliphatic rings. The molecule has 0 fully saturated rings. The van der Waals surface area contributed by atoms with E-state index in [4.69, 9.17) is 0 Å². The summed E-state index contributed by atoms with van der Waals surface area (Å²) in [5.41, 5.74) is 18.6. The van der Waals surface area contributed by atoms with Crippen molar-refractivity contribution in [2.24, 2.45) is 0 Å². The fourth-order valence-corrected chi connectivity index (χ4v) is 10.4. The third kappa shape index (κ3) is 5.16. The van der Waals surface area contributed by atoms with Gasteiger partial charge in [0.05, 0.1) is 22.1 Å². The topological polar surface area (TPSA) is 9.86 Å². The van der Waals surface area contributed by atoms with Crippen LogP contribution in [0.2, 0.25) is 0 Å². The van der Waals surface area contributed by atoms with Crippen LogP contribution in [0.1, 0.15) is 22.6 Å². The molecule has 2 heterocycles. The quantitative estimate of drug-likeness (QED) is 0.165. The summed E-state index contributed by atoms with van der Waals surface area (Å²) in [7, 11) is 0. The van der Waals surface area contributed by atoms with Crippen LogP contribution >= 0.6 is 0 Å². The van der Waals surface area contributed by atoms with Crippen molar-refractivity contribution in [3.05, 3.63) is 241 Å². The first kappa shape index (κ1) is 34.0. The van der Waals surface area contributed by atoms with Crippen molar-refractivity contribution in [3.8, 4) is 44.8 Å². The van der Waals surface area contributed by atoms with Crippen molar-refractivity contribution in [1.82, 2.24) is 9.13 Å². The number of para-hydroxylation sites is 2. The molecule has 0 saturated heterocycles. The van der Waals surface area contributed by atoms with Crippen LogP contribution in [0.4, 0.5) is 0 Å². The van der Waals surface area contributed by atoms with Gasteiger partial charge in [-0.3, -0.25) is 0 Å². The molecular formula is C59H38N2. The van der Waals surface area contributed by atoms with Gasteiger partial charge in [-0.1, -0.05) is 176 Å². The highest BCUT2D eigenvalue weighted by atomic mass is 15.0. The van der Waals surface area contributed by atoms with Gasteiger partial charge in [0.2, 0.25) is 0 Å². The molecule has 1 unspecified atom stereocenters. The summed E-state index contributed by atoms with van der Waals surface area (Å²) in [5, 5.41) is 7.52. The minimum Gasteiger partial charge on any atom is -0.307 e. The van der Waals surface area contributed by atoms with E-state index in [9.17, 15) is 0 Å². The van der Waals surface area contributed by atoms with Gasteiger partial charge in [0.15, 0.2) is 0 Å². The molecule has 0 amide bonds. The van der Waals surface area contributed by atoms with Crippen molar-refractivity contribution >= 4 is 54.4 Å². The highest BCUT2D eigenvalue weighted by Gasteiger charge is 2.30. The van der Waals surface area contributed by atoms with Crippen molar-refractivity contribution in [2.75, 3.05) is 0 Å². The third-order valence-electron chi connectivity index (χ3n) is 13.2. The normalized spacial score (nSPS) is 13.4. The SMILES string of the molecule is c1ccc(-c2cccc(-n3c4ccc(-c5ccc6c(c5)-c5ccccc5C6c5ccc6ccccc6c5)cc4c4ccc5c6ccccc6n(-c6ccccc6)c5c43)c2)cc1. The second-order valence-corrected chi connectivity index (χ2v) is 16.5.